The zero-order valence-electron chi connectivity index (χ0n) is 16.0. The van der Waals surface area contributed by atoms with Crippen LogP contribution in [0.2, 0.25) is 0 Å². The number of amides is 1. The molecular formula is C20H24N2O5S. The molecule has 0 bridgehead atoms. The highest BCUT2D eigenvalue weighted by molar-refractivity contribution is 7.92. The van der Waals surface area contributed by atoms with E-state index in [0.717, 1.165) is 29.8 Å². The number of nitrogens with zero attached hydrogens (tertiary/aromatic N) is 1. The third kappa shape index (κ3) is 4.95. The quantitative estimate of drug-likeness (QED) is 0.731. The molecule has 1 amide bonds. The third-order valence-corrected chi connectivity index (χ3v) is 5.53. The first-order chi connectivity index (χ1) is 13.4. The van der Waals surface area contributed by atoms with Gasteiger partial charge in [-0.1, -0.05) is 25.5 Å². The minimum Gasteiger partial charge on any atom is -0.454 e. The van der Waals surface area contributed by atoms with E-state index in [1.807, 2.05) is 24.3 Å². The zero-order valence-corrected chi connectivity index (χ0v) is 16.8. The zero-order chi connectivity index (χ0) is 20.1. The SMILES string of the molecule is CCCCc1ccc(NC(=O)CN(c2ccc3c(c2)OCO3)S(C)(=O)=O)cc1. The van der Waals surface area contributed by atoms with Gasteiger partial charge in [0.25, 0.3) is 0 Å². The molecule has 2 aromatic carbocycles. The molecule has 8 heteroatoms. The Morgan fingerprint density at radius 1 is 1.11 bits per heavy atom. The number of rotatable bonds is 8. The summed E-state index contributed by atoms with van der Waals surface area (Å²) in [7, 11) is -3.66. The molecule has 0 unspecified atom stereocenters. The lowest BCUT2D eigenvalue weighted by Gasteiger charge is -2.22. The fraction of sp³-hybridized carbons (Fsp3) is 0.350. The van der Waals surface area contributed by atoms with Crippen molar-refractivity contribution in [3.05, 3.63) is 48.0 Å². The summed E-state index contributed by atoms with van der Waals surface area (Å²) in [5.41, 5.74) is 2.18. The molecule has 1 aliphatic rings. The Balaban J connectivity index is 1.70. The van der Waals surface area contributed by atoms with E-state index in [9.17, 15) is 13.2 Å². The molecule has 1 N–H and O–H groups in total. The largest absolute Gasteiger partial charge is 0.454 e. The second-order valence-electron chi connectivity index (χ2n) is 6.66. The van der Waals surface area contributed by atoms with Crippen LogP contribution < -0.4 is 19.1 Å². The first-order valence-electron chi connectivity index (χ1n) is 9.13. The molecular weight excluding hydrogens is 380 g/mol. The minimum atomic E-state index is -3.66. The summed E-state index contributed by atoms with van der Waals surface area (Å²) in [6.07, 6.45) is 4.30. The number of anilines is 2. The summed E-state index contributed by atoms with van der Waals surface area (Å²) in [5, 5.41) is 2.75. The van der Waals surface area contributed by atoms with Gasteiger partial charge in [-0.3, -0.25) is 9.10 Å². The number of aryl methyl sites for hydroxylation is 1. The van der Waals surface area contributed by atoms with Gasteiger partial charge in [0.15, 0.2) is 11.5 Å². The van der Waals surface area contributed by atoms with E-state index >= 15 is 0 Å². The molecule has 28 heavy (non-hydrogen) atoms. The highest BCUT2D eigenvalue weighted by Crippen LogP contribution is 2.36. The maximum absolute atomic E-state index is 12.5. The predicted octanol–water partition coefficient (Wildman–Crippen LogP) is 3.16. The van der Waals surface area contributed by atoms with Gasteiger partial charge >= 0.3 is 0 Å². The Morgan fingerprint density at radius 2 is 1.82 bits per heavy atom. The van der Waals surface area contributed by atoms with Crippen LogP contribution in [0.15, 0.2) is 42.5 Å². The summed E-state index contributed by atoms with van der Waals surface area (Å²) in [4.78, 5) is 12.5. The molecule has 150 valence electrons. The molecule has 1 heterocycles. The lowest BCUT2D eigenvalue weighted by molar-refractivity contribution is -0.114. The average molecular weight is 404 g/mol. The van der Waals surface area contributed by atoms with E-state index < -0.39 is 15.9 Å². The van der Waals surface area contributed by atoms with Crippen molar-refractivity contribution in [3.8, 4) is 11.5 Å². The van der Waals surface area contributed by atoms with Crippen LogP contribution in [-0.4, -0.2) is 33.9 Å². The van der Waals surface area contributed by atoms with E-state index in [4.69, 9.17) is 9.47 Å². The number of sulfonamides is 1. The van der Waals surface area contributed by atoms with Crippen molar-refractivity contribution < 1.29 is 22.7 Å². The lowest BCUT2D eigenvalue weighted by Crippen LogP contribution is -2.37. The van der Waals surface area contributed by atoms with Crippen LogP contribution in [0.4, 0.5) is 11.4 Å². The second kappa shape index (κ2) is 8.52. The lowest BCUT2D eigenvalue weighted by atomic mass is 10.1. The number of benzene rings is 2. The fourth-order valence-corrected chi connectivity index (χ4v) is 3.76. The Bertz CT molecular complexity index is 942. The summed E-state index contributed by atoms with van der Waals surface area (Å²) in [6.45, 7) is 1.89. The Kier molecular flexibility index (Phi) is 6.08. The Morgan fingerprint density at radius 3 is 2.50 bits per heavy atom. The summed E-state index contributed by atoms with van der Waals surface area (Å²) < 4.78 is 36.1. The molecule has 0 spiro atoms. The van der Waals surface area contributed by atoms with Crippen molar-refractivity contribution in [2.75, 3.05) is 29.2 Å². The van der Waals surface area contributed by atoms with Crippen molar-refractivity contribution in [2.24, 2.45) is 0 Å². The molecule has 0 aliphatic carbocycles. The maximum atomic E-state index is 12.5. The fourth-order valence-electron chi connectivity index (χ4n) is 2.91. The smallest absolute Gasteiger partial charge is 0.245 e. The number of ether oxygens (including phenoxy) is 2. The first kappa shape index (κ1) is 20.0. The van der Waals surface area contributed by atoms with Gasteiger partial charge in [0.2, 0.25) is 22.7 Å². The molecule has 1 aliphatic heterocycles. The van der Waals surface area contributed by atoms with Crippen LogP contribution in [0, 0.1) is 0 Å². The van der Waals surface area contributed by atoms with Gasteiger partial charge in [-0.2, -0.15) is 0 Å². The number of nitrogens with one attached hydrogen (secondary N) is 1. The molecule has 7 nitrogen and oxygen atoms in total. The summed E-state index contributed by atoms with van der Waals surface area (Å²) >= 11 is 0. The number of carbonyl (C=O) groups excluding carboxylic acids is 1. The van der Waals surface area contributed by atoms with Gasteiger partial charge in [0, 0.05) is 11.8 Å². The van der Waals surface area contributed by atoms with Crippen molar-refractivity contribution in [3.63, 3.8) is 0 Å². The van der Waals surface area contributed by atoms with E-state index in [-0.39, 0.29) is 13.3 Å². The predicted molar refractivity (Wildman–Crippen MR) is 108 cm³/mol. The molecule has 0 fully saturated rings. The number of hydrogen-bond acceptors (Lipinski definition) is 5. The highest BCUT2D eigenvalue weighted by atomic mass is 32.2. The molecule has 0 aromatic heterocycles. The highest BCUT2D eigenvalue weighted by Gasteiger charge is 2.23. The van der Waals surface area contributed by atoms with E-state index in [1.54, 1.807) is 18.2 Å². The van der Waals surface area contributed by atoms with Crippen LogP contribution in [0.1, 0.15) is 25.3 Å². The van der Waals surface area contributed by atoms with Gasteiger partial charge in [-0.15, -0.1) is 0 Å². The maximum Gasteiger partial charge on any atom is 0.245 e. The van der Waals surface area contributed by atoms with E-state index in [2.05, 4.69) is 12.2 Å². The number of unbranched alkanes of at least 4 members (excludes halogenated alkanes) is 1. The van der Waals surface area contributed by atoms with E-state index in [0.29, 0.717) is 22.9 Å². The Hall–Kier alpha value is -2.74. The summed E-state index contributed by atoms with van der Waals surface area (Å²) in [6, 6.07) is 12.4. The van der Waals surface area contributed by atoms with Gasteiger partial charge in [0.1, 0.15) is 6.54 Å². The third-order valence-electron chi connectivity index (χ3n) is 4.39. The normalized spacial score (nSPS) is 12.6. The molecule has 0 saturated heterocycles. The van der Waals surface area contributed by atoms with Crippen LogP contribution >= 0.6 is 0 Å². The number of hydrogen-bond donors (Lipinski definition) is 1. The van der Waals surface area contributed by atoms with Gasteiger partial charge in [0.05, 0.1) is 11.9 Å². The molecule has 2 aromatic rings. The molecule has 0 atom stereocenters. The molecule has 0 saturated carbocycles. The Labute approximate surface area is 165 Å². The standard InChI is InChI=1S/C20H24N2O5S/c1-3-4-5-15-6-8-16(9-7-15)21-20(23)13-22(28(2,24)25)17-10-11-18-19(12-17)27-14-26-18/h6-12H,3-5,13-14H2,1-2H3,(H,21,23). The second-order valence-corrected chi connectivity index (χ2v) is 8.56. The first-order valence-corrected chi connectivity index (χ1v) is 11.0. The van der Waals surface area contributed by atoms with E-state index in [1.165, 1.54) is 5.56 Å². The van der Waals surface area contributed by atoms with Crippen molar-refractivity contribution in [2.45, 2.75) is 26.2 Å². The van der Waals surface area contributed by atoms with Gasteiger partial charge in [-0.05, 0) is 42.7 Å². The van der Waals surface area contributed by atoms with Crippen molar-refractivity contribution >= 4 is 27.3 Å². The number of fused-ring (bicyclic) bond motifs is 1. The monoisotopic (exact) mass is 404 g/mol. The van der Waals surface area contributed by atoms with Crippen LogP contribution in [0.3, 0.4) is 0 Å². The van der Waals surface area contributed by atoms with Gasteiger partial charge in [-0.25, -0.2) is 8.42 Å². The minimum absolute atomic E-state index is 0.0897. The van der Waals surface area contributed by atoms with Crippen LogP contribution in [-0.2, 0) is 21.2 Å². The topological polar surface area (TPSA) is 84.9 Å². The molecule has 3 rings (SSSR count). The van der Waals surface area contributed by atoms with Crippen LogP contribution in [0.5, 0.6) is 11.5 Å². The average Bonchev–Trinajstić information content (AvgIpc) is 3.12. The number of carbonyl (C=O) groups is 1. The van der Waals surface area contributed by atoms with Crippen molar-refractivity contribution in [1.82, 2.24) is 0 Å². The molecule has 0 radical (unpaired) electrons. The van der Waals surface area contributed by atoms with Gasteiger partial charge < -0.3 is 14.8 Å². The van der Waals surface area contributed by atoms with Crippen LogP contribution in [0.25, 0.3) is 0 Å². The summed E-state index contributed by atoms with van der Waals surface area (Å²) in [5.74, 6) is 0.573. The van der Waals surface area contributed by atoms with Crippen molar-refractivity contribution in [1.29, 1.82) is 0 Å².